The number of aromatic nitrogens is 1. The van der Waals surface area contributed by atoms with Crippen molar-refractivity contribution in [1.82, 2.24) is 4.98 Å². The summed E-state index contributed by atoms with van der Waals surface area (Å²) in [6.45, 7) is 0. The Morgan fingerprint density at radius 2 is 2.24 bits per heavy atom. The Morgan fingerprint density at radius 1 is 1.35 bits per heavy atom. The zero-order valence-corrected chi connectivity index (χ0v) is 9.85. The van der Waals surface area contributed by atoms with Crippen molar-refractivity contribution < 1.29 is 9.53 Å². The molecule has 0 spiro atoms. The first-order valence-corrected chi connectivity index (χ1v) is 5.70. The highest BCUT2D eigenvalue weighted by molar-refractivity contribution is 5.83. The molecule has 0 unspecified atom stereocenters. The lowest BCUT2D eigenvalue weighted by Crippen LogP contribution is -1.91. The first-order valence-electron chi connectivity index (χ1n) is 5.70. The van der Waals surface area contributed by atoms with E-state index >= 15 is 0 Å². The van der Waals surface area contributed by atoms with E-state index in [2.05, 4.69) is 4.98 Å². The quantitative estimate of drug-likeness (QED) is 0.584. The van der Waals surface area contributed by atoms with Crippen LogP contribution < -0.4 is 4.74 Å². The molecule has 0 aliphatic heterocycles. The molecular weight excluding hydrogens is 214 g/mol. The number of benzene rings is 1. The van der Waals surface area contributed by atoms with E-state index in [0.717, 1.165) is 35.8 Å². The van der Waals surface area contributed by atoms with Gasteiger partial charge in [-0.1, -0.05) is 0 Å². The molecule has 1 heterocycles. The third kappa shape index (κ3) is 2.61. The number of rotatable bonds is 5. The maximum Gasteiger partial charge on any atom is 0.120 e. The Hall–Kier alpha value is -1.90. The van der Waals surface area contributed by atoms with Crippen LogP contribution in [0.25, 0.3) is 10.9 Å². The molecule has 1 aromatic heterocycles. The fourth-order valence-corrected chi connectivity index (χ4v) is 1.90. The van der Waals surface area contributed by atoms with Crippen LogP contribution in [0.4, 0.5) is 0 Å². The van der Waals surface area contributed by atoms with Crippen molar-refractivity contribution in [2.75, 3.05) is 7.11 Å². The third-order valence-electron chi connectivity index (χ3n) is 2.81. The monoisotopic (exact) mass is 229 g/mol. The van der Waals surface area contributed by atoms with Crippen molar-refractivity contribution in [3.63, 3.8) is 0 Å². The van der Waals surface area contributed by atoms with E-state index in [9.17, 15) is 4.79 Å². The average Bonchev–Trinajstić information content (AvgIpc) is 2.39. The molecule has 2 rings (SSSR count). The highest BCUT2D eigenvalue weighted by Crippen LogP contribution is 2.23. The summed E-state index contributed by atoms with van der Waals surface area (Å²) in [6.07, 6.45) is 5.15. The van der Waals surface area contributed by atoms with Gasteiger partial charge in [0.1, 0.15) is 12.0 Å². The molecule has 0 saturated carbocycles. The van der Waals surface area contributed by atoms with Crippen LogP contribution in [0.1, 0.15) is 18.4 Å². The summed E-state index contributed by atoms with van der Waals surface area (Å²) in [5, 5.41) is 1.11. The summed E-state index contributed by atoms with van der Waals surface area (Å²) >= 11 is 0. The number of carbonyl (C=O) groups excluding carboxylic acids is 1. The van der Waals surface area contributed by atoms with Crippen molar-refractivity contribution in [3.8, 4) is 5.75 Å². The summed E-state index contributed by atoms with van der Waals surface area (Å²) in [7, 11) is 1.66. The van der Waals surface area contributed by atoms with Gasteiger partial charge in [-0.25, -0.2) is 0 Å². The van der Waals surface area contributed by atoms with Gasteiger partial charge < -0.3 is 9.53 Å². The van der Waals surface area contributed by atoms with Gasteiger partial charge in [0.05, 0.1) is 12.6 Å². The number of carbonyl (C=O) groups is 1. The topological polar surface area (TPSA) is 39.2 Å². The lowest BCUT2D eigenvalue weighted by atomic mass is 10.0. The molecule has 0 amide bonds. The number of fused-ring (bicyclic) bond motifs is 1. The largest absolute Gasteiger partial charge is 0.497 e. The number of hydrogen-bond acceptors (Lipinski definition) is 3. The van der Waals surface area contributed by atoms with Crippen LogP contribution >= 0.6 is 0 Å². The van der Waals surface area contributed by atoms with Crippen LogP contribution in [0, 0.1) is 0 Å². The summed E-state index contributed by atoms with van der Waals surface area (Å²) in [6, 6.07) is 7.87. The van der Waals surface area contributed by atoms with Gasteiger partial charge in [-0.05, 0) is 42.7 Å². The SMILES string of the molecule is COc1ccc2nccc(CCCC=O)c2c1. The normalized spacial score (nSPS) is 10.4. The third-order valence-corrected chi connectivity index (χ3v) is 2.81. The number of methoxy groups -OCH3 is 1. The summed E-state index contributed by atoms with van der Waals surface area (Å²) in [4.78, 5) is 14.6. The van der Waals surface area contributed by atoms with Crippen LogP contribution in [-0.2, 0) is 11.2 Å². The van der Waals surface area contributed by atoms with Crippen molar-refractivity contribution in [2.24, 2.45) is 0 Å². The molecule has 0 aliphatic carbocycles. The van der Waals surface area contributed by atoms with Gasteiger partial charge >= 0.3 is 0 Å². The summed E-state index contributed by atoms with van der Waals surface area (Å²) in [5.74, 6) is 0.835. The molecule has 17 heavy (non-hydrogen) atoms. The van der Waals surface area contributed by atoms with Gasteiger partial charge in [-0.15, -0.1) is 0 Å². The maximum absolute atomic E-state index is 10.3. The molecule has 2 aromatic rings. The van der Waals surface area contributed by atoms with Gasteiger partial charge in [0.25, 0.3) is 0 Å². The van der Waals surface area contributed by atoms with E-state index in [0.29, 0.717) is 6.42 Å². The van der Waals surface area contributed by atoms with Gasteiger partial charge in [0, 0.05) is 18.0 Å². The molecule has 0 aliphatic rings. The number of aryl methyl sites for hydroxylation is 1. The minimum Gasteiger partial charge on any atom is -0.497 e. The molecule has 0 saturated heterocycles. The second kappa shape index (κ2) is 5.43. The number of unbranched alkanes of at least 4 members (excludes halogenated alkanes) is 1. The van der Waals surface area contributed by atoms with Crippen molar-refractivity contribution >= 4 is 17.2 Å². The first kappa shape index (κ1) is 11.6. The number of aldehydes is 1. The van der Waals surface area contributed by atoms with E-state index in [4.69, 9.17) is 4.74 Å². The maximum atomic E-state index is 10.3. The molecule has 3 heteroatoms. The molecule has 0 radical (unpaired) electrons. The van der Waals surface area contributed by atoms with Crippen LogP contribution in [0.15, 0.2) is 30.5 Å². The van der Waals surface area contributed by atoms with Crippen LogP contribution in [0.2, 0.25) is 0 Å². The zero-order valence-electron chi connectivity index (χ0n) is 9.85. The fraction of sp³-hybridized carbons (Fsp3) is 0.286. The fourth-order valence-electron chi connectivity index (χ4n) is 1.90. The lowest BCUT2D eigenvalue weighted by molar-refractivity contribution is -0.107. The first-order chi connectivity index (χ1) is 8.35. The van der Waals surface area contributed by atoms with Crippen LogP contribution in [0.5, 0.6) is 5.75 Å². The van der Waals surface area contributed by atoms with Gasteiger partial charge in [-0.3, -0.25) is 4.98 Å². The predicted molar refractivity (Wildman–Crippen MR) is 67.3 cm³/mol. The Balaban J connectivity index is 2.36. The van der Waals surface area contributed by atoms with Gasteiger partial charge in [0.15, 0.2) is 0 Å². The van der Waals surface area contributed by atoms with Gasteiger partial charge in [0.2, 0.25) is 0 Å². The molecular formula is C14H15NO2. The Kier molecular flexibility index (Phi) is 3.70. The number of pyridine rings is 1. The van der Waals surface area contributed by atoms with Gasteiger partial charge in [-0.2, -0.15) is 0 Å². The molecule has 0 atom stereocenters. The Labute approximate surface area is 100 Å². The zero-order chi connectivity index (χ0) is 12.1. The number of ether oxygens (including phenoxy) is 1. The predicted octanol–water partition coefficient (Wildman–Crippen LogP) is 2.77. The number of nitrogens with zero attached hydrogens (tertiary/aromatic N) is 1. The smallest absolute Gasteiger partial charge is 0.120 e. The lowest BCUT2D eigenvalue weighted by Gasteiger charge is -2.07. The molecule has 0 fully saturated rings. The highest BCUT2D eigenvalue weighted by Gasteiger charge is 2.03. The molecule has 0 N–H and O–H groups in total. The molecule has 0 bridgehead atoms. The van der Waals surface area contributed by atoms with E-state index in [1.807, 2.05) is 30.5 Å². The van der Waals surface area contributed by atoms with E-state index in [1.165, 1.54) is 5.56 Å². The van der Waals surface area contributed by atoms with Crippen molar-refractivity contribution in [3.05, 3.63) is 36.0 Å². The minimum absolute atomic E-state index is 0.605. The summed E-state index contributed by atoms with van der Waals surface area (Å²) in [5.41, 5.74) is 2.19. The summed E-state index contributed by atoms with van der Waals surface area (Å²) < 4.78 is 5.22. The second-order valence-corrected chi connectivity index (χ2v) is 3.91. The number of hydrogen-bond donors (Lipinski definition) is 0. The minimum atomic E-state index is 0.605. The standard InChI is InChI=1S/C14H15NO2/c1-17-12-5-6-14-13(10-12)11(7-8-15-14)4-2-3-9-16/h5-10H,2-4H2,1H3. The highest BCUT2D eigenvalue weighted by atomic mass is 16.5. The van der Waals surface area contributed by atoms with Crippen LogP contribution in [-0.4, -0.2) is 18.4 Å². The molecule has 1 aromatic carbocycles. The van der Waals surface area contributed by atoms with Crippen molar-refractivity contribution in [2.45, 2.75) is 19.3 Å². The molecule has 88 valence electrons. The Morgan fingerprint density at radius 3 is 3.00 bits per heavy atom. The van der Waals surface area contributed by atoms with Crippen molar-refractivity contribution in [1.29, 1.82) is 0 Å². The Bertz CT molecular complexity index is 523. The van der Waals surface area contributed by atoms with E-state index < -0.39 is 0 Å². The molecule has 3 nitrogen and oxygen atoms in total. The van der Waals surface area contributed by atoms with E-state index in [1.54, 1.807) is 7.11 Å². The van der Waals surface area contributed by atoms with Crippen LogP contribution in [0.3, 0.4) is 0 Å². The second-order valence-electron chi connectivity index (χ2n) is 3.91. The average molecular weight is 229 g/mol. The van der Waals surface area contributed by atoms with E-state index in [-0.39, 0.29) is 0 Å².